The quantitative estimate of drug-likeness (QED) is 0.626. The molecule has 4 heteroatoms. The summed E-state index contributed by atoms with van der Waals surface area (Å²) in [6, 6.07) is 0. The Labute approximate surface area is 70.3 Å². The summed E-state index contributed by atoms with van der Waals surface area (Å²) in [7, 11) is 0. The molecule has 0 saturated carbocycles. The molecular formula is C8H10FN3. The molecule has 0 N–H and O–H groups in total. The van der Waals surface area contributed by atoms with E-state index in [1.54, 1.807) is 0 Å². The van der Waals surface area contributed by atoms with Gasteiger partial charge in [0.05, 0.1) is 12.4 Å². The van der Waals surface area contributed by atoms with Crippen molar-refractivity contribution in [1.82, 2.24) is 9.97 Å². The fourth-order valence-electron chi connectivity index (χ4n) is 1.33. The second-order valence-electron chi connectivity index (χ2n) is 3.21. The van der Waals surface area contributed by atoms with Gasteiger partial charge >= 0.3 is 0 Å². The molecule has 1 saturated heterocycles. The van der Waals surface area contributed by atoms with Gasteiger partial charge in [-0.25, -0.2) is 14.4 Å². The Morgan fingerprint density at radius 1 is 1.42 bits per heavy atom. The highest BCUT2D eigenvalue weighted by Gasteiger charge is 2.24. The summed E-state index contributed by atoms with van der Waals surface area (Å²) >= 11 is 0. The van der Waals surface area contributed by atoms with Crippen molar-refractivity contribution in [2.45, 2.75) is 6.92 Å². The molecule has 2 rings (SSSR count). The van der Waals surface area contributed by atoms with Gasteiger partial charge in [-0.05, 0) is 5.92 Å². The largest absolute Gasteiger partial charge is 0.340 e. The van der Waals surface area contributed by atoms with E-state index in [0.717, 1.165) is 13.1 Å². The summed E-state index contributed by atoms with van der Waals surface area (Å²) in [6.07, 6.45) is 2.40. The van der Waals surface area contributed by atoms with Crippen LogP contribution in [0.1, 0.15) is 6.92 Å². The van der Waals surface area contributed by atoms with Crippen molar-refractivity contribution >= 4 is 5.95 Å². The summed E-state index contributed by atoms with van der Waals surface area (Å²) in [4.78, 5) is 9.78. The number of nitrogens with zero attached hydrogens (tertiary/aromatic N) is 3. The van der Waals surface area contributed by atoms with E-state index >= 15 is 0 Å². The van der Waals surface area contributed by atoms with E-state index in [9.17, 15) is 4.39 Å². The summed E-state index contributed by atoms with van der Waals surface area (Å²) in [6.45, 7) is 4.12. The molecule has 0 amide bonds. The number of aromatic nitrogens is 2. The van der Waals surface area contributed by atoms with Gasteiger partial charge in [0.2, 0.25) is 5.95 Å². The van der Waals surface area contributed by atoms with Crippen molar-refractivity contribution in [3.63, 3.8) is 0 Å². The topological polar surface area (TPSA) is 29.0 Å². The van der Waals surface area contributed by atoms with Gasteiger partial charge in [-0.2, -0.15) is 0 Å². The van der Waals surface area contributed by atoms with Crippen LogP contribution in [0.5, 0.6) is 0 Å². The maximum Gasteiger partial charge on any atom is 0.225 e. The Bertz CT molecular complexity index is 266. The SMILES string of the molecule is CC1CN(c2ncc(F)cn2)C1. The Kier molecular flexibility index (Phi) is 1.67. The lowest BCUT2D eigenvalue weighted by molar-refractivity contribution is 0.438. The molecular weight excluding hydrogens is 157 g/mol. The fraction of sp³-hybridized carbons (Fsp3) is 0.500. The third-order valence-corrected chi connectivity index (χ3v) is 1.95. The van der Waals surface area contributed by atoms with Crippen molar-refractivity contribution in [3.05, 3.63) is 18.2 Å². The molecule has 1 aromatic rings. The average Bonchev–Trinajstić information content (AvgIpc) is 2.01. The molecule has 0 aliphatic carbocycles. The molecule has 0 radical (unpaired) electrons. The zero-order valence-electron chi connectivity index (χ0n) is 6.87. The van der Waals surface area contributed by atoms with Crippen LogP contribution in [-0.2, 0) is 0 Å². The normalized spacial score (nSPS) is 17.7. The fourth-order valence-corrected chi connectivity index (χ4v) is 1.33. The van der Waals surface area contributed by atoms with E-state index < -0.39 is 0 Å². The Hall–Kier alpha value is -1.19. The van der Waals surface area contributed by atoms with Crippen LogP contribution in [0, 0.1) is 11.7 Å². The summed E-state index contributed by atoms with van der Waals surface area (Å²) in [5.74, 6) is 0.959. The van der Waals surface area contributed by atoms with Gasteiger partial charge in [0.15, 0.2) is 5.82 Å². The molecule has 1 fully saturated rings. The Balaban J connectivity index is 2.09. The lowest BCUT2D eigenvalue weighted by Gasteiger charge is -2.36. The van der Waals surface area contributed by atoms with Crippen LogP contribution in [0.25, 0.3) is 0 Å². The third kappa shape index (κ3) is 1.24. The molecule has 1 aromatic heterocycles. The first-order valence-electron chi connectivity index (χ1n) is 3.98. The lowest BCUT2D eigenvalue weighted by atomic mass is 10.0. The first kappa shape index (κ1) is 7.46. The maximum absolute atomic E-state index is 12.4. The van der Waals surface area contributed by atoms with Gasteiger partial charge in [0, 0.05) is 13.1 Å². The number of rotatable bonds is 1. The standard InChI is InChI=1S/C8H10FN3/c1-6-4-12(5-6)8-10-2-7(9)3-11-8/h2-3,6H,4-5H2,1H3. The smallest absolute Gasteiger partial charge is 0.225 e. The minimum absolute atomic E-state index is 0.382. The van der Waals surface area contributed by atoms with E-state index in [0.29, 0.717) is 11.9 Å². The van der Waals surface area contributed by atoms with Crippen LogP contribution in [0.15, 0.2) is 12.4 Å². The van der Waals surface area contributed by atoms with Crippen LogP contribution < -0.4 is 4.90 Å². The minimum Gasteiger partial charge on any atom is -0.340 e. The Morgan fingerprint density at radius 2 is 2.00 bits per heavy atom. The summed E-state index contributed by atoms with van der Waals surface area (Å²) < 4.78 is 12.4. The third-order valence-electron chi connectivity index (χ3n) is 1.95. The minimum atomic E-state index is -0.382. The van der Waals surface area contributed by atoms with Crippen molar-refractivity contribution in [1.29, 1.82) is 0 Å². The zero-order valence-corrected chi connectivity index (χ0v) is 6.87. The van der Waals surface area contributed by atoms with Gasteiger partial charge in [-0.1, -0.05) is 6.92 Å². The van der Waals surface area contributed by atoms with Crippen molar-refractivity contribution in [2.24, 2.45) is 5.92 Å². The molecule has 0 atom stereocenters. The van der Waals surface area contributed by atoms with Gasteiger partial charge in [0.1, 0.15) is 0 Å². The second-order valence-corrected chi connectivity index (χ2v) is 3.21. The van der Waals surface area contributed by atoms with E-state index in [2.05, 4.69) is 16.9 Å². The number of hydrogen-bond acceptors (Lipinski definition) is 3. The highest BCUT2D eigenvalue weighted by molar-refractivity contribution is 5.32. The highest BCUT2D eigenvalue weighted by atomic mass is 19.1. The predicted octanol–water partition coefficient (Wildman–Crippen LogP) is 1.07. The summed E-state index contributed by atoms with van der Waals surface area (Å²) in [5.41, 5.74) is 0. The van der Waals surface area contributed by atoms with Gasteiger partial charge in [-0.3, -0.25) is 0 Å². The van der Waals surface area contributed by atoms with Crippen molar-refractivity contribution in [3.8, 4) is 0 Å². The van der Waals surface area contributed by atoms with Crippen LogP contribution >= 0.6 is 0 Å². The van der Waals surface area contributed by atoms with Gasteiger partial charge < -0.3 is 4.90 Å². The molecule has 0 aromatic carbocycles. The zero-order chi connectivity index (χ0) is 8.55. The van der Waals surface area contributed by atoms with Crippen LogP contribution in [0.3, 0.4) is 0 Å². The van der Waals surface area contributed by atoms with Gasteiger partial charge in [0.25, 0.3) is 0 Å². The molecule has 3 nitrogen and oxygen atoms in total. The predicted molar refractivity (Wildman–Crippen MR) is 43.4 cm³/mol. The monoisotopic (exact) mass is 167 g/mol. The van der Waals surface area contributed by atoms with Crippen LogP contribution in [0.2, 0.25) is 0 Å². The van der Waals surface area contributed by atoms with E-state index in [4.69, 9.17) is 0 Å². The maximum atomic E-state index is 12.4. The van der Waals surface area contributed by atoms with Crippen LogP contribution in [0.4, 0.5) is 10.3 Å². The molecule has 1 aliphatic heterocycles. The first-order chi connectivity index (χ1) is 5.75. The number of halogens is 1. The second kappa shape index (κ2) is 2.69. The molecule has 0 spiro atoms. The van der Waals surface area contributed by atoms with Crippen molar-refractivity contribution in [2.75, 3.05) is 18.0 Å². The molecule has 12 heavy (non-hydrogen) atoms. The van der Waals surface area contributed by atoms with E-state index in [1.807, 2.05) is 4.90 Å². The van der Waals surface area contributed by atoms with Crippen LogP contribution in [-0.4, -0.2) is 23.1 Å². The molecule has 1 aliphatic rings. The average molecular weight is 167 g/mol. The number of hydrogen-bond donors (Lipinski definition) is 0. The molecule has 2 heterocycles. The molecule has 0 bridgehead atoms. The van der Waals surface area contributed by atoms with E-state index in [1.165, 1.54) is 12.4 Å². The number of anilines is 1. The lowest BCUT2D eigenvalue weighted by Crippen LogP contribution is -2.46. The van der Waals surface area contributed by atoms with Crippen molar-refractivity contribution < 1.29 is 4.39 Å². The molecule has 64 valence electrons. The first-order valence-corrected chi connectivity index (χ1v) is 3.98. The molecule has 0 unspecified atom stereocenters. The van der Waals surface area contributed by atoms with E-state index in [-0.39, 0.29) is 5.82 Å². The summed E-state index contributed by atoms with van der Waals surface area (Å²) in [5, 5.41) is 0. The Morgan fingerprint density at radius 3 is 2.50 bits per heavy atom. The highest BCUT2D eigenvalue weighted by Crippen LogP contribution is 2.19. The van der Waals surface area contributed by atoms with Gasteiger partial charge in [-0.15, -0.1) is 0 Å².